The quantitative estimate of drug-likeness (QED) is 0.494. The Labute approximate surface area is 234 Å². The van der Waals surface area contributed by atoms with Crippen molar-refractivity contribution < 1.29 is 18.7 Å². The number of nitrogens with one attached hydrogen (secondary N) is 1. The second kappa shape index (κ2) is 11.2. The number of ether oxygens (including phenoxy) is 1. The summed E-state index contributed by atoms with van der Waals surface area (Å²) in [6, 6.07) is 1.13. The molecule has 1 fully saturated rings. The van der Waals surface area contributed by atoms with E-state index in [9.17, 15) is 14.0 Å². The van der Waals surface area contributed by atoms with Crippen LogP contribution in [0.4, 0.5) is 9.18 Å². The SMILES string of the molecule is Cc1cn2cc(-c3nc(C)c(C(=O)N[C@H]4CCN(C(=O)OC(C)(C)C)[C@@H](C)C4)c(/C=C/N(C)C)n3)cc(F)c2n1. The van der Waals surface area contributed by atoms with E-state index in [0.717, 1.165) is 0 Å². The Morgan fingerprint density at radius 2 is 1.90 bits per heavy atom. The summed E-state index contributed by atoms with van der Waals surface area (Å²) >= 11 is 0. The lowest BCUT2D eigenvalue weighted by molar-refractivity contribution is 0.00960. The van der Waals surface area contributed by atoms with Crippen LogP contribution in [0, 0.1) is 19.7 Å². The molecule has 11 heteroatoms. The van der Waals surface area contributed by atoms with Crippen LogP contribution in [-0.4, -0.2) is 79.5 Å². The Morgan fingerprint density at radius 1 is 1.18 bits per heavy atom. The second-order valence-corrected chi connectivity index (χ2v) is 11.6. The monoisotopic (exact) mass is 551 g/mol. The van der Waals surface area contributed by atoms with Crippen LogP contribution in [0.5, 0.6) is 0 Å². The smallest absolute Gasteiger partial charge is 0.410 e. The van der Waals surface area contributed by atoms with Crippen LogP contribution in [0.15, 0.2) is 24.7 Å². The molecule has 4 rings (SSSR count). The van der Waals surface area contributed by atoms with Gasteiger partial charge in [0.2, 0.25) is 0 Å². The minimum absolute atomic E-state index is 0.0987. The Balaban J connectivity index is 1.59. The molecule has 3 aromatic rings. The Hall–Kier alpha value is -4.02. The highest BCUT2D eigenvalue weighted by Crippen LogP contribution is 2.25. The summed E-state index contributed by atoms with van der Waals surface area (Å²) in [4.78, 5) is 43.2. The lowest BCUT2D eigenvalue weighted by atomic mass is 9.98. The summed E-state index contributed by atoms with van der Waals surface area (Å²) in [6.07, 6.45) is 7.85. The number of pyridine rings is 1. The maximum atomic E-state index is 14.8. The van der Waals surface area contributed by atoms with Crippen molar-refractivity contribution in [2.24, 2.45) is 0 Å². The van der Waals surface area contributed by atoms with E-state index in [0.29, 0.717) is 53.4 Å². The van der Waals surface area contributed by atoms with E-state index in [1.54, 1.807) is 47.8 Å². The first kappa shape index (κ1) is 29.0. The molecule has 2 amide bonds. The van der Waals surface area contributed by atoms with E-state index < -0.39 is 11.4 Å². The first-order valence-electron chi connectivity index (χ1n) is 13.4. The molecular formula is C29H38FN7O3. The minimum atomic E-state index is -0.572. The van der Waals surface area contributed by atoms with Crippen LogP contribution in [0.1, 0.15) is 68.0 Å². The van der Waals surface area contributed by atoms with Crippen LogP contribution in [0.2, 0.25) is 0 Å². The third-order valence-corrected chi connectivity index (χ3v) is 6.60. The summed E-state index contributed by atoms with van der Waals surface area (Å²) in [5.74, 6) is -0.470. The van der Waals surface area contributed by atoms with Gasteiger partial charge in [-0.25, -0.2) is 24.1 Å². The number of hydrogen-bond donors (Lipinski definition) is 1. The van der Waals surface area contributed by atoms with Crippen LogP contribution in [0.3, 0.4) is 0 Å². The first-order valence-corrected chi connectivity index (χ1v) is 13.4. The van der Waals surface area contributed by atoms with Gasteiger partial charge >= 0.3 is 6.09 Å². The molecule has 40 heavy (non-hydrogen) atoms. The molecule has 0 aliphatic carbocycles. The van der Waals surface area contributed by atoms with Crippen LogP contribution >= 0.6 is 0 Å². The van der Waals surface area contributed by atoms with Crippen molar-refractivity contribution in [1.82, 2.24) is 34.5 Å². The summed E-state index contributed by atoms with van der Waals surface area (Å²) < 4.78 is 21.9. The number of likely N-dealkylation sites (tertiary alicyclic amines) is 1. The maximum absolute atomic E-state index is 14.8. The largest absolute Gasteiger partial charge is 0.444 e. The fourth-order valence-electron chi connectivity index (χ4n) is 4.80. The number of carbonyl (C=O) groups is 2. The summed E-state index contributed by atoms with van der Waals surface area (Å²) in [5.41, 5.74) is 2.08. The number of fused-ring (bicyclic) bond motifs is 1. The Bertz CT molecular complexity index is 1460. The standard InChI is InChI=1S/C29H38FN7O3/c1-17-15-36-16-20(14-22(30)26(36)31-17)25-32-19(3)24(23(34-25)10-11-35(7)8)27(38)33-21-9-12-37(18(2)13-21)28(39)40-29(4,5)6/h10-11,14-16,18,21H,9,12-13H2,1-8H3,(H,33,38)/b11-10+/t18-,21-/m0/s1. The molecule has 0 saturated carbocycles. The van der Waals surface area contributed by atoms with E-state index in [-0.39, 0.29) is 29.7 Å². The number of amides is 2. The van der Waals surface area contributed by atoms with Crippen LogP contribution in [-0.2, 0) is 4.74 Å². The Kier molecular flexibility index (Phi) is 8.13. The van der Waals surface area contributed by atoms with Gasteiger partial charge in [0.1, 0.15) is 5.60 Å². The average Bonchev–Trinajstić information content (AvgIpc) is 3.22. The van der Waals surface area contributed by atoms with Gasteiger partial charge in [-0.1, -0.05) is 0 Å². The van der Waals surface area contributed by atoms with Crippen LogP contribution in [0.25, 0.3) is 23.1 Å². The predicted octanol–water partition coefficient (Wildman–Crippen LogP) is 4.60. The molecule has 4 heterocycles. The predicted molar refractivity (Wildman–Crippen MR) is 151 cm³/mol. The van der Waals surface area contributed by atoms with Gasteiger partial charge in [0.15, 0.2) is 17.3 Å². The molecule has 3 aromatic heterocycles. The third kappa shape index (κ3) is 6.57. The molecule has 0 aromatic carbocycles. The zero-order valence-electron chi connectivity index (χ0n) is 24.4. The van der Waals surface area contributed by atoms with Gasteiger partial charge in [-0.3, -0.25) is 4.79 Å². The van der Waals surface area contributed by atoms with E-state index in [2.05, 4.69) is 20.3 Å². The number of carbonyl (C=O) groups excluding carboxylic acids is 2. The van der Waals surface area contributed by atoms with E-state index in [1.165, 1.54) is 6.07 Å². The second-order valence-electron chi connectivity index (χ2n) is 11.6. The fraction of sp³-hybridized carbons (Fsp3) is 0.483. The molecule has 2 atom stereocenters. The minimum Gasteiger partial charge on any atom is -0.444 e. The number of piperidine rings is 1. The highest BCUT2D eigenvalue weighted by atomic mass is 19.1. The maximum Gasteiger partial charge on any atom is 0.410 e. The molecule has 10 nitrogen and oxygen atoms in total. The molecule has 1 saturated heterocycles. The third-order valence-electron chi connectivity index (χ3n) is 6.60. The van der Waals surface area contributed by atoms with Gasteiger partial charge in [-0.2, -0.15) is 0 Å². The van der Waals surface area contributed by atoms with Crippen molar-refractivity contribution in [2.75, 3.05) is 20.6 Å². The van der Waals surface area contributed by atoms with E-state index in [1.807, 2.05) is 46.7 Å². The fourth-order valence-corrected chi connectivity index (χ4v) is 4.80. The number of aromatic nitrogens is 4. The molecule has 1 N–H and O–H groups in total. The van der Waals surface area contributed by atoms with Crippen LogP contribution < -0.4 is 5.32 Å². The zero-order valence-corrected chi connectivity index (χ0v) is 24.4. The van der Waals surface area contributed by atoms with Crippen molar-refractivity contribution in [3.8, 4) is 11.4 Å². The Morgan fingerprint density at radius 3 is 2.55 bits per heavy atom. The number of hydrogen-bond acceptors (Lipinski definition) is 7. The van der Waals surface area contributed by atoms with Crippen molar-refractivity contribution in [3.05, 3.63) is 53.1 Å². The topological polar surface area (TPSA) is 105 Å². The molecule has 1 aliphatic rings. The van der Waals surface area contributed by atoms with Gasteiger partial charge in [0.25, 0.3) is 5.91 Å². The van der Waals surface area contributed by atoms with Crippen molar-refractivity contribution in [3.63, 3.8) is 0 Å². The van der Waals surface area contributed by atoms with Gasteiger partial charge in [0, 0.05) is 56.9 Å². The molecule has 0 radical (unpaired) electrons. The van der Waals surface area contributed by atoms with Crippen molar-refractivity contribution in [2.45, 2.75) is 72.1 Å². The highest BCUT2D eigenvalue weighted by molar-refractivity contribution is 5.98. The molecule has 0 unspecified atom stereocenters. The summed E-state index contributed by atoms with van der Waals surface area (Å²) in [6.45, 7) is 11.5. The molecular weight excluding hydrogens is 513 g/mol. The lowest BCUT2D eigenvalue weighted by Crippen LogP contribution is -2.52. The number of imidazole rings is 1. The van der Waals surface area contributed by atoms with Gasteiger partial charge < -0.3 is 24.3 Å². The number of nitrogens with zero attached hydrogens (tertiary/aromatic N) is 6. The van der Waals surface area contributed by atoms with Gasteiger partial charge in [-0.15, -0.1) is 0 Å². The molecule has 1 aliphatic heterocycles. The lowest BCUT2D eigenvalue weighted by Gasteiger charge is -2.38. The number of halogens is 1. The zero-order chi connectivity index (χ0) is 29.4. The average molecular weight is 552 g/mol. The van der Waals surface area contributed by atoms with Gasteiger partial charge in [0.05, 0.1) is 22.6 Å². The van der Waals surface area contributed by atoms with E-state index >= 15 is 0 Å². The number of rotatable bonds is 5. The van der Waals surface area contributed by atoms with Crippen molar-refractivity contribution in [1.29, 1.82) is 0 Å². The first-order chi connectivity index (χ1) is 18.7. The number of aryl methyl sites for hydroxylation is 2. The van der Waals surface area contributed by atoms with E-state index in [4.69, 9.17) is 4.74 Å². The molecule has 0 spiro atoms. The highest BCUT2D eigenvalue weighted by Gasteiger charge is 2.33. The van der Waals surface area contributed by atoms with Gasteiger partial charge in [-0.05, 0) is 66.5 Å². The molecule has 214 valence electrons. The summed E-state index contributed by atoms with van der Waals surface area (Å²) in [5, 5.41) is 3.12. The summed E-state index contributed by atoms with van der Waals surface area (Å²) in [7, 11) is 3.74. The van der Waals surface area contributed by atoms with Crippen molar-refractivity contribution >= 4 is 23.7 Å². The molecule has 0 bridgehead atoms. The normalized spacial score (nSPS) is 17.9.